The first kappa shape index (κ1) is 18.3. The van der Waals surface area contributed by atoms with Gasteiger partial charge in [0.15, 0.2) is 0 Å². The molecule has 2 aromatic rings. The van der Waals surface area contributed by atoms with Crippen LogP contribution in [0.3, 0.4) is 0 Å². The number of nitrogens with zero attached hydrogens (tertiary/aromatic N) is 4. The third-order valence-electron chi connectivity index (χ3n) is 6.81. The predicted molar refractivity (Wildman–Crippen MR) is 107 cm³/mol. The standard InChI is InChI=1S/C22H27N5O2/c28-20(10-11-26-14-23-24-15-26)27-18-8-9-19(27)22(13-18,21(29)25-17-6-7-17)12-16-4-2-1-3-5-16/h1-5,14-15,17-19H,6-13H2,(H,25,29)/t18-,19+,22+/m1/s1. The van der Waals surface area contributed by atoms with Crippen molar-refractivity contribution >= 4 is 11.8 Å². The van der Waals surface area contributed by atoms with Crippen LogP contribution < -0.4 is 5.32 Å². The fraction of sp³-hybridized carbons (Fsp3) is 0.545. The van der Waals surface area contributed by atoms with Crippen molar-refractivity contribution in [2.75, 3.05) is 0 Å². The van der Waals surface area contributed by atoms with Gasteiger partial charge in [-0.1, -0.05) is 30.3 Å². The monoisotopic (exact) mass is 393 g/mol. The van der Waals surface area contributed by atoms with Crippen LogP contribution in [0.25, 0.3) is 0 Å². The van der Waals surface area contributed by atoms with E-state index in [1.165, 1.54) is 5.56 Å². The Bertz CT molecular complexity index is 880. The number of nitrogens with one attached hydrogen (secondary N) is 1. The highest BCUT2D eigenvalue weighted by Gasteiger charge is 2.61. The van der Waals surface area contributed by atoms with Gasteiger partial charge in [0.25, 0.3) is 0 Å². The van der Waals surface area contributed by atoms with Crippen LogP contribution in [0.2, 0.25) is 0 Å². The van der Waals surface area contributed by atoms with E-state index in [2.05, 4.69) is 27.6 Å². The predicted octanol–water partition coefficient (Wildman–Crippen LogP) is 1.94. The van der Waals surface area contributed by atoms with Gasteiger partial charge in [-0.2, -0.15) is 0 Å². The molecule has 3 aliphatic rings. The molecule has 1 aromatic heterocycles. The normalized spacial score (nSPS) is 27.9. The minimum atomic E-state index is -0.515. The molecule has 0 spiro atoms. The van der Waals surface area contributed by atoms with Gasteiger partial charge in [0.1, 0.15) is 12.7 Å². The summed E-state index contributed by atoms with van der Waals surface area (Å²) in [6.45, 7) is 0.571. The molecule has 5 rings (SSSR count). The number of carbonyl (C=O) groups excluding carboxylic acids is 2. The minimum Gasteiger partial charge on any atom is -0.353 e. The Labute approximate surface area is 170 Å². The number of fused-ring (bicyclic) bond motifs is 2. The van der Waals surface area contributed by atoms with Gasteiger partial charge in [0.05, 0.1) is 5.41 Å². The number of amides is 2. The van der Waals surface area contributed by atoms with Crippen molar-refractivity contribution in [3.63, 3.8) is 0 Å². The summed E-state index contributed by atoms with van der Waals surface area (Å²) < 4.78 is 1.83. The molecule has 1 aliphatic carbocycles. The van der Waals surface area contributed by atoms with Crippen LogP contribution in [0, 0.1) is 5.41 Å². The van der Waals surface area contributed by atoms with E-state index in [-0.39, 0.29) is 23.9 Å². The molecule has 0 radical (unpaired) electrons. The molecular weight excluding hydrogens is 366 g/mol. The highest BCUT2D eigenvalue weighted by atomic mass is 16.2. The lowest BCUT2D eigenvalue weighted by Crippen LogP contribution is -2.51. The molecule has 2 aliphatic heterocycles. The van der Waals surface area contributed by atoms with E-state index in [9.17, 15) is 9.59 Å². The van der Waals surface area contributed by atoms with E-state index in [1.54, 1.807) is 12.7 Å². The summed E-state index contributed by atoms with van der Waals surface area (Å²) in [7, 11) is 0. The summed E-state index contributed by atoms with van der Waals surface area (Å²) >= 11 is 0. The van der Waals surface area contributed by atoms with Gasteiger partial charge in [0.2, 0.25) is 11.8 Å². The van der Waals surface area contributed by atoms with Gasteiger partial charge in [-0.05, 0) is 44.1 Å². The molecule has 3 heterocycles. The highest BCUT2D eigenvalue weighted by molar-refractivity contribution is 5.87. The molecular formula is C22H27N5O2. The van der Waals surface area contributed by atoms with E-state index < -0.39 is 5.41 Å². The molecule has 1 N–H and O–H groups in total. The summed E-state index contributed by atoms with van der Waals surface area (Å²) in [4.78, 5) is 28.6. The average Bonchev–Trinajstić information content (AvgIpc) is 3.14. The molecule has 2 saturated heterocycles. The second-order valence-electron chi connectivity index (χ2n) is 8.77. The zero-order valence-corrected chi connectivity index (χ0v) is 16.5. The fourth-order valence-electron chi connectivity index (χ4n) is 5.28. The number of hydrogen-bond donors (Lipinski definition) is 1. The Morgan fingerprint density at radius 2 is 1.83 bits per heavy atom. The molecule has 1 saturated carbocycles. The maximum atomic E-state index is 13.5. The van der Waals surface area contributed by atoms with Crippen LogP contribution in [-0.4, -0.2) is 49.6 Å². The molecule has 2 bridgehead atoms. The van der Waals surface area contributed by atoms with E-state index >= 15 is 0 Å². The highest BCUT2D eigenvalue weighted by Crippen LogP contribution is 2.52. The molecule has 152 valence electrons. The van der Waals surface area contributed by atoms with Crippen LogP contribution in [-0.2, 0) is 22.6 Å². The van der Waals surface area contributed by atoms with Crippen LogP contribution in [0.4, 0.5) is 0 Å². The Morgan fingerprint density at radius 1 is 1.07 bits per heavy atom. The lowest BCUT2D eigenvalue weighted by molar-refractivity contribution is -0.137. The molecule has 3 atom stereocenters. The lowest BCUT2D eigenvalue weighted by atomic mass is 9.69. The molecule has 29 heavy (non-hydrogen) atoms. The summed E-state index contributed by atoms with van der Waals surface area (Å²) in [6, 6.07) is 10.7. The number of hydrogen-bond acceptors (Lipinski definition) is 4. The lowest BCUT2D eigenvalue weighted by Gasteiger charge is -2.36. The van der Waals surface area contributed by atoms with Crippen molar-refractivity contribution in [3.05, 3.63) is 48.5 Å². The van der Waals surface area contributed by atoms with Gasteiger partial charge in [-0.25, -0.2) is 0 Å². The maximum Gasteiger partial charge on any atom is 0.228 e. The molecule has 0 unspecified atom stereocenters. The fourth-order valence-corrected chi connectivity index (χ4v) is 5.28. The number of aromatic nitrogens is 3. The smallest absolute Gasteiger partial charge is 0.228 e. The summed E-state index contributed by atoms with van der Waals surface area (Å²) in [5.74, 6) is 0.285. The van der Waals surface area contributed by atoms with Gasteiger partial charge < -0.3 is 14.8 Å². The van der Waals surface area contributed by atoms with Crippen molar-refractivity contribution in [2.24, 2.45) is 5.41 Å². The van der Waals surface area contributed by atoms with Crippen molar-refractivity contribution in [1.82, 2.24) is 25.0 Å². The third kappa shape index (κ3) is 3.43. The number of benzene rings is 1. The molecule has 3 fully saturated rings. The van der Waals surface area contributed by atoms with E-state index in [1.807, 2.05) is 27.7 Å². The first-order valence-corrected chi connectivity index (χ1v) is 10.6. The van der Waals surface area contributed by atoms with E-state index in [0.717, 1.165) is 32.1 Å². The first-order valence-electron chi connectivity index (χ1n) is 10.6. The van der Waals surface area contributed by atoms with Crippen LogP contribution >= 0.6 is 0 Å². The second-order valence-corrected chi connectivity index (χ2v) is 8.77. The summed E-state index contributed by atoms with van der Waals surface area (Å²) in [5.41, 5.74) is 0.655. The second kappa shape index (κ2) is 7.28. The van der Waals surface area contributed by atoms with Crippen molar-refractivity contribution in [3.8, 4) is 0 Å². The topological polar surface area (TPSA) is 80.1 Å². The summed E-state index contributed by atoms with van der Waals surface area (Å²) in [5, 5.41) is 10.9. The van der Waals surface area contributed by atoms with Crippen LogP contribution in [0.1, 0.15) is 44.1 Å². The van der Waals surface area contributed by atoms with Crippen LogP contribution in [0.5, 0.6) is 0 Å². The van der Waals surface area contributed by atoms with Gasteiger partial charge in [0, 0.05) is 31.1 Å². The van der Waals surface area contributed by atoms with Crippen LogP contribution in [0.15, 0.2) is 43.0 Å². The van der Waals surface area contributed by atoms with Gasteiger partial charge in [-0.15, -0.1) is 10.2 Å². The molecule has 7 nitrogen and oxygen atoms in total. The zero-order chi connectivity index (χ0) is 19.8. The molecule has 2 amide bonds. The van der Waals surface area contributed by atoms with E-state index in [0.29, 0.717) is 25.4 Å². The number of aryl methyl sites for hydroxylation is 1. The Balaban J connectivity index is 1.38. The molecule has 1 aromatic carbocycles. The number of rotatable bonds is 7. The first-order chi connectivity index (χ1) is 14.2. The number of carbonyl (C=O) groups is 2. The average molecular weight is 393 g/mol. The van der Waals surface area contributed by atoms with Crippen molar-refractivity contribution < 1.29 is 9.59 Å². The minimum absolute atomic E-state index is 0.0140. The van der Waals surface area contributed by atoms with E-state index in [4.69, 9.17) is 0 Å². The van der Waals surface area contributed by atoms with Crippen molar-refractivity contribution in [2.45, 2.75) is 69.6 Å². The largest absolute Gasteiger partial charge is 0.353 e. The zero-order valence-electron chi connectivity index (χ0n) is 16.5. The maximum absolute atomic E-state index is 13.5. The van der Waals surface area contributed by atoms with Gasteiger partial charge in [-0.3, -0.25) is 9.59 Å². The quantitative estimate of drug-likeness (QED) is 0.780. The SMILES string of the molecule is O=C(CCn1cnnc1)N1[C@@H]2CC[C@H]1[C@@](Cc1ccccc1)(C(=O)NC1CC1)C2. The Hall–Kier alpha value is -2.70. The van der Waals surface area contributed by atoms with Crippen molar-refractivity contribution in [1.29, 1.82) is 0 Å². The molecule has 7 heteroatoms. The Kier molecular flexibility index (Phi) is 4.60. The Morgan fingerprint density at radius 3 is 2.55 bits per heavy atom. The summed E-state index contributed by atoms with van der Waals surface area (Å²) in [6.07, 6.45) is 9.20. The third-order valence-corrected chi connectivity index (χ3v) is 6.81. The van der Waals surface area contributed by atoms with Gasteiger partial charge >= 0.3 is 0 Å².